The van der Waals surface area contributed by atoms with Gasteiger partial charge >= 0.3 is 5.97 Å². The lowest BCUT2D eigenvalue weighted by Gasteiger charge is -2.15. The smallest absolute Gasteiger partial charge is 0.307 e. The summed E-state index contributed by atoms with van der Waals surface area (Å²) in [6, 6.07) is 1.03. The third-order valence-corrected chi connectivity index (χ3v) is 3.19. The highest BCUT2D eigenvalue weighted by Gasteiger charge is 2.29. The van der Waals surface area contributed by atoms with Crippen LogP contribution >= 0.6 is 0 Å². The maximum atomic E-state index is 11.4. The summed E-state index contributed by atoms with van der Waals surface area (Å²) >= 11 is 0. The number of carbonyl (C=O) groups is 1. The largest absolute Gasteiger partial charge is 0.502 e. The first-order chi connectivity index (χ1) is 9.01. The summed E-state index contributed by atoms with van der Waals surface area (Å²) in [6.07, 6.45) is 0.528. The van der Waals surface area contributed by atoms with Crippen LogP contribution in [-0.2, 0) is 17.9 Å². The Morgan fingerprint density at radius 1 is 1.53 bits per heavy atom. The van der Waals surface area contributed by atoms with Gasteiger partial charge in [0.1, 0.15) is 12.4 Å². The highest BCUT2D eigenvalue weighted by atomic mass is 16.4. The normalized spacial score (nSPS) is 19.7. The van der Waals surface area contributed by atoms with Crippen LogP contribution < -0.4 is 5.43 Å². The quantitative estimate of drug-likeness (QED) is 0.690. The van der Waals surface area contributed by atoms with E-state index in [2.05, 4.69) is 0 Å². The van der Waals surface area contributed by atoms with Crippen LogP contribution in [0.2, 0.25) is 0 Å². The maximum Gasteiger partial charge on any atom is 0.307 e. The number of aliphatic hydroxyl groups is 1. The second-order valence-electron chi connectivity index (χ2n) is 4.57. The molecule has 0 unspecified atom stereocenters. The molecule has 19 heavy (non-hydrogen) atoms. The molecule has 0 aliphatic carbocycles. The third-order valence-electron chi connectivity index (χ3n) is 3.19. The molecule has 0 spiro atoms. The van der Waals surface area contributed by atoms with Crippen molar-refractivity contribution in [2.24, 2.45) is 5.92 Å². The summed E-state index contributed by atoms with van der Waals surface area (Å²) in [5, 5.41) is 27.5. The van der Waals surface area contributed by atoms with Crippen LogP contribution in [0.15, 0.2) is 15.3 Å². The monoisotopic (exact) mass is 269 g/mol. The zero-order valence-corrected chi connectivity index (χ0v) is 10.2. The van der Waals surface area contributed by atoms with Crippen molar-refractivity contribution in [3.8, 4) is 5.75 Å². The first-order valence-electron chi connectivity index (χ1n) is 5.92. The molecule has 2 heterocycles. The van der Waals surface area contributed by atoms with Crippen LogP contribution in [0.25, 0.3) is 0 Å². The molecule has 0 amide bonds. The number of hydrogen-bond acceptors (Lipinski definition) is 6. The van der Waals surface area contributed by atoms with E-state index in [-0.39, 0.29) is 18.1 Å². The molecular weight excluding hydrogens is 254 g/mol. The molecule has 1 aromatic heterocycles. The molecule has 1 atom stereocenters. The Morgan fingerprint density at radius 3 is 2.84 bits per heavy atom. The number of carboxylic acid groups (broad SMARTS) is 1. The highest BCUT2D eigenvalue weighted by molar-refractivity contribution is 5.70. The molecule has 1 saturated heterocycles. The van der Waals surface area contributed by atoms with Crippen LogP contribution in [-0.4, -0.2) is 39.3 Å². The molecule has 0 radical (unpaired) electrons. The number of carboxylic acids is 1. The van der Waals surface area contributed by atoms with Gasteiger partial charge in [0.15, 0.2) is 5.76 Å². The van der Waals surface area contributed by atoms with E-state index in [0.717, 1.165) is 6.07 Å². The summed E-state index contributed by atoms with van der Waals surface area (Å²) in [4.78, 5) is 24.1. The Bertz CT molecular complexity index is 538. The van der Waals surface area contributed by atoms with E-state index in [0.29, 0.717) is 19.5 Å². The predicted molar refractivity (Wildman–Crippen MR) is 63.6 cm³/mol. The lowest BCUT2D eigenvalue weighted by atomic mass is 10.1. The summed E-state index contributed by atoms with van der Waals surface area (Å²) in [7, 11) is 0. The molecule has 104 valence electrons. The van der Waals surface area contributed by atoms with Gasteiger partial charge in [0.25, 0.3) is 0 Å². The first kappa shape index (κ1) is 13.6. The van der Waals surface area contributed by atoms with E-state index < -0.39 is 29.7 Å². The van der Waals surface area contributed by atoms with Crippen LogP contribution in [0.3, 0.4) is 0 Å². The SMILES string of the molecule is O=C(O)[C@H]1CCN(Cc2oc(CO)cc(=O)c2O)C1. The Balaban J connectivity index is 2.14. The molecular formula is C12H15NO6. The minimum atomic E-state index is -0.850. The standard InChI is InChI=1S/C12H15NO6/c14-6-8-3-9(15)11(16)10(19-8)5-13-2-1-7(4-13)12(17)18/h3,7,14,16H,1-2,4-6H2,(H,17,18)/t7-/m0/s1. The topological polar surface area (TPSA) is 111 Å². The number of hydrogen-bond donors (Lipinski definition) is 3. The number of nitrogens with zero attached hydrogens (tertiary/aromatic N) is 1. The molecule has 3 N–H and O–H groups in total. The molecule has 1 aliphatic rings. The molecule has 0 bridgehead atoms. The van der Waals surface area contributed by atoms with Crippen molar-refractivity contribution in [1.82, 2.24) is 4.90 Å². The van der Waals surface area contributed by atoms with Crippen molar-refractivity contribution in [3.05, 3.63) is 27.8 Å². The zero-order valence-electron chi connectivity index (χ0n) is 10.2. The lowest BCUT2D eigenvalue weighted by Crippen LogP contribution is -2.23. The predicted octanol–water partition coefficient (Wildman–Crippen LogP) is -0.256. The molecule has 2 rings (SSSR count). The Kier molecular flexibility index (Phi) is 3.87. The van der Waals surface area contributed by atoms with Crippen molar-refractivity contribution in [3.63, 3.8) is 0 Å². The molecule has 1 aliphatic heterocycles. The zero-order chi connectivity index (χ0) is 14.0. The summed E-state index contributed by atoms with van der Waals surface area (Å²) in [5.74, 6) is -1.64. The number of aliphatic hydroxyl groups excluding tert-OH is 1. The number of aromatic hydroxyl groups is 1. The minimum Gasteiger partial charge on any atom is -0.502 e. The average molecular weight is 269 g/mol. The molecule has 1 fully saturated rings. The van der Waals surface area contributed by atoms with Gasteiger partial charge in [0.05, 0.1) is 12.5 Å². The van der Waals surface area contributed by atoms with E-state index in [1.165, 1.54) is 0 Å². The second kappa shape index (κ2) is 5.41. The van der Waals surface area contributed by atoms with Gasteiger partial charge < -0.3 is 19.7 Å². The minimum absolute atomic E-state index is 0.0580. The fourth-order valence-corrected chi connectivity index (χ4v) is 2.15. The van der Waals surface area contributed by atoms with Crippen LogP contribution in [0.5, 0.6) is 5.75 Å². The molecule has 1 aromatic rings. The van der Waals surface area contributed by atoms with Gasteiger partial charge in [-0.15, -0.1) is 0 Å². The van der Waals surface area contributed by atoms with E-state index >= 15 is 0 Å². The van der Waals surface area contributed by atoms with E-state index in [9.17, 15) is 14.7 Å². The van der Waals surface area contributed by atoms with Crippen LogP contribution in [0.1, 0.15) is 17.9 Å². The average Bonchev–Trinajstić information content (AvgIpc) is 2.83. The number of likely N-dealkylation sites (tertiary alicyclic amines) is 1. The van der Waals surface area contributed by atoms with Crippen molar-refractivity contribution >= 4 is 5.97 Å². The van der Waals surface area contributed by atoms with Gasteiger partial charge in [0.2, 0.25) is 11.2 Å². The van der Waals surface area contributed by atoms with Crippen LogP contribution in [0, 0.1) is 5.92 Å². The van der Waals surface area contributed by atoms with Gasteiger partial charge in [0, 0.05) is 12.6 Å². The molecule has 0 aromatic carbocycles. The van der Waals surface area contributed by atoms with Gasteiger partial charge in [-0.05, 0) is 13.0 Å². The summed E-state index contributed by atoms with van der Waals surface area (Å²) < 4.78 is 5.21. The Labute approximate surface area is 108 Å². The van der Waals surface area contributed by atoms with Gasteiger partial charge in [-0.3, -0.25) is 14.5 Å². The second-order valence-corrected chi connectivity index (χ2v) is 4.57. The van der Waals surface area contributed by atoms with E-state index in [1.54, 1.807) is 4.90 Å². The Morgan fingerprint density at radius 2 is 2.26 bits per heavy atom. The molecule has 7 heteroatoms. The summed E-state index contributed by atoms with van der Waals surface area (Å²) in [5.41, 5.74) is -0.612. The fraction of sp³-hybridized carbons (Fsp3) is 0.500. The highest BCUT2D eigenvalue weighted by Crippen LogP contribution is 2.22. The van der Waals surface area contributed by atoms with Crippen molar-refractivity contribution < 1.29 is 24.5 Å². The van der Waals surface area contributed by atoms with Crippen molar-refractivity contribution in [2.45, 2.75) is 19.6 Å². The third kappa shape index (κ3) is 2.94. The number of rotatable bonds is 4. The fourth-order valence-electron chi connectivity index (χ4n) is 2.15. The summed E-state index contributed by atoms with van der Waals surface area (Å²) in [6.45, 7) is 0.629. The molecule has 7 nitrogen and oxygen atoms in total. The Hall–Kier alpha value is -1.86. The van der Waals surface area contributed by atoms with E-state index in [4.69, 9.17) is 14.6 Å². The lowest BCUT2D eigenvalue weighted by molar-refractivity contribution is -0.141. The van der Waals surface area contributed by atoms with E-state index in [1.807, 2.05) is 0 Å². The van der Waals surface area contributed by atoms with Crippen LogP contribution in [0.4, 0.5) is 0 Å². The first-order valence-corrected chi connectivity index (χ1v) is 5.92. The number of aliphatic carboxylic acids is 1. The van der Waals surface area contributed by atoms with Crippen molar-refractivity contribution in [1.29, 1.82) is 0 Å². The van der Waals surface area contributed by atoms with Crippen molar-refractivity contribution in [2.75, 3.05) is 13.1 Å². The maximum absolute atomic E-state index is 11.4. The van der Waals surface area contributed by atoms with Gasteiger partial charge in [-0.25, -0.2) is 0 Å². The molecule has 0 saturated carbocycles. The van der Waals surface area contributed by atoms with Gasteiger partial charge in [-0.1, -0.05) is 0 Å². The van der Waals surface area contributed by atoms with Gasteiger partial charge in [-0.2, -0.15) is 0 Å².